The Hall–Kier alpha value is -2.44. The molecule has 0 bridgehead atoms. The monoisotopic (exact) mass is 205 g/mol. The van der Waals surface area contributed by atoms with E-state index in [1.165, 1.54) is 18.2 Å². The summed E-state index contributed by atoms with van der Waals surface area (Å²) >= 11 is 0. The van der Waals surface area contributed by atoms with Crippen LogP contribution in [0.1, 0.15) is 0 Å². The Kier molecular flexibility index (Phi) is 1.86. The van der Waals surface area contributed by atoms with Gasteiger partial charge in [-0.25, -0.2) is 4.99 Å². The maximum atomic E-state index is 10.9. The highest BCUT2D eigenvalue weighted by atomic mass is 16.6. The third kappa shape index (κ3) is 1.39. The summed E-state index contributed by atoms with van der Waals surface area (Å²) in [6, 6.07) is 3.95. The Morgan fingerprint density at radius 3 is 2.47 bits per heavy atom. The van der Waals surface area contributed by atoms with Crippen molar-refractivity contribution in [3.8, 4) is 0 Å². The van der Waals surface area contributed by atoms with E-state index in [0.29, 0.717) is 0 Å². The number of nitro benzene ring substituents is 1. The molecule has 0 unspecified atom stereocenters. The Morgan fingerprint density at radius 2 is 1.80 bits per heavy atom. The average molecular weight is 205 g/mol. The average Bonchev–Trinajstić information content (AvgIpc) is 2.18. The summed E-state index contributed by atoms with van der Waals surface area (Å²) in [4.78, 5) is 38.4. The zero-order chi connectivity index (χ0) is 11.0. The molecule has 7 heteroatoms. The van der Waals surface area contributed by atoms with Gasteiger partial charge in [-0.1, -0.05) is 6.07 Å². The quantitative estimate of drug-likeness (QED) is 0.330. The SMILES string of the molecule is O=C1N=c2cccc([N+](=O)[O-])c2=NC1=O. The maximum Gasteiger partial charge on any atom is 0.338 e. The molecule has 1 heterocycles. The topological polar surface area (TPSA) is 102 Å². The fraction of sp³-hybridized carbons (Fsp3) is 0. The largest absolute Gasteiger partial charge is 0.338 e. The molecule has 0 aliphatic carbocycles. The van der Waals surface area contributed by atoms with E-state index in [-0.39, 0.29) is 16.4 Å². The predicted molar refractivity (Wildman–Crippen MR) is 45.4 cm³/mol. The number of nitrogens with zero attached hydrogens (tertiary/aromatic N) is 3. The molecule has 0 spiro atoms. The number of carbonyl (C=O) groups is 2. The lowest BCUT2D eigenvalue weighted by Crippen LogP contribution is -2.35. The molecule has 1 aromatic rings. The molecule has 1 aromatic carbocycles. The van der Waals surface area contributed by atoms with Crippen LogP contribution in [-0.4, -0.2) is 16.7 Å². The first-order valence-corrected chi connectivity index (χ1v) is 3.89. The summed E-state index contributed by atoms with van der Waals surface area (Å²) in [5, 5.41) is 10.5. The number of para-hydroxylation sites is 1. The minimum Gasteiger partial charge on any atom is -0.261 e. The van der Waals surface area contributed by atoms with Gasteiger partial charge in [0.2, 0.25) is 0 Å². The molecule has 1 aliphatic heterocycles. The van der Waals surface area contributed by atoms with Crippen LogP contribution in [0, 0.1) is 10.1 Å². The molecule has 0 aromatic heterocycles. The highest BCUT2D eigenvalue weighted by molar-refractivity contribution is 6.36. The number of hydrogen-bond acceptors (Lipinski definition) is 4. The number of fused-ring (bicyclic) bond motifs is 1. The lowest BCUT2D eigenvalue weighted by Gasteiger charge is -1.97. The van der Waals surface area contributed by atoms with Crippen LogP contribution in [0.3, 0.4) is 0 Å². The third-order valence-electron chi connectivity index (χ3n) is 1.81. The fourth-order valence-corrected chi connectivity index (χ4v) is 1.18. The first-order chi connectivity index (χ1) is 7.09. The Labute approximate surface area is 81.9 Å². The van der Waals surface area contributed by atoms with E-state index < -0.39 is 16.7 Å². The molecule has 0 fully saturated rings. The zero-order valence-corrected chi connectivity index (χ0v) is 7.21. The highest BCUT2D eigenvalue weighted by Gasteiger charge is 2.20. The van der Waals surface area contributed by atoms with Gasteiger partial charge in [0.15, 0.2) is 5.36 Å². The first kappa shape index (κ1) is 9.13. The van der Waals surface area contributed by atoms with E-state index in [1.807, 2.05) is 0 Å². The van der Waals surface area contributed by atoms with Gasteiger partial charge in [0.1, 0.15) is 5.36 Å². The fourth-order valence-electron chi connectivity index (χ4n) is 1.18. The van der Waals surface area contributed by atoms with Crippen LogP contribution in [0.5, 0.6) is 0 Å². The molecule has 0 saturated heterocycles. The maximum absolute atomic E-state index is 10.9. The van der Waals surface area contributed by atoms with Gasteiger partial charge in [-0.05, 0) is 6.07 Å². The smallest absolute Gasteiger partial charge is 0.261 e. The lowest BCUT2D eigenvalue weighted by atomic mass is 10.2. The second kappa shape index (κ2) is 3.05. The number of hydrogen-bond donors (Lipinski definition) is 0. The molecule has 0 N–H and O–H groups in total. The van der Waals surface area contributed by atoms with E-state index in [1.54, 1.807) is 0 Å². The second-order valence-corrected chi connectivity index (χ2v) is 2.74. The Morgan fingerprint density at radius 1 is 1.13 bits per heavy atom. The van der Waals surface area contributed by atoms with Gasteiger partial charge in [0.05, 0.1) is 4.92 Å². The number of nitro groups is 1. The van der Waals surface area contributed by atoms with E-state index in [4.69, 9.17) is 0 Å². The molecule has 74 valence electrons. The van der Waals surface area contributed by atoms with Crippen LogP contribution in [0.15, 0.2) is 28.2 Å². The third-order valence-corrected chi connectivity index (χ3v) is 1.81. The van der Waals surface area contributed by atoms with Gasteiger partial charge >= 0.3 is 11.8 Å². The summed E-state index contributed by atoms with van der Waals surface area (Å²) in [7, 11) is 0. The van der Waals surface area contributed by atoms with Crippen molar-refractivity contribution in [2.75, 3.05) is 0 Å². The Balaban J connectivity index is 2.89. The molecule has 1 aliphatic rings. The minimum absolute atomic E-state index is 0.0498. The van der Waals surface area contributed by atoms with Crippen LogP contribution in [-0.2, 0) is 9.59 Å². The van der Waals surface area contributed by atoms with Crippen molar-refractivity contribution in [1.29, 1.82) is 0 Å². The molecule has 2 amide bonds. The number of rotatable bonds is 1. The molecule has 15 heavy (non-hydrogen) atoms. The van der Waals surface area contributed by atoms with Gasteiger partial charge in [-0.2, -0.15) is 4.99 Å². The highest BCUT2D eigenvalue weighted by Crippen LogP contribution is 2.00. The molecule has 0 atom stereocenters. The van der Waals surface area contributed by atoms with Crippen LogP contribution in [0.25, 0.3) is 0 Å². The van der Waals surface area contributed by atoms with Gasteiger partial charge < -0.3 is 0 Å². The van der Waals surface area contributed by atoms with E-state index in [9.17, 15) is 19.7 Å². The number of amides is 2. The Bertz CT molecular complexity index is 605. The molecule has 7 nitrogen and oxygen atoms in total. The van der Waals surface area contributed by atoms with Gasteiger partial charge in [0.25, 0.3) is 5.69 Å². The van der Waals surface area contributed by atoms with Crippen molar-refractivity contribution in [2.45, 2.75) is 0 Å². The number of non-ortho nitro benzene ring substituents is 1. The van der Waals surface area contributed by atoms with Crippen LogP contribution in [0.2, 0.25) is 0 Å². The normalized spacial score (nSPS) is 13.9. The molecule has 0 saturated carbocycles. The van der Waals surface area contributed by atoms with Crippen molar-refractivity contribution in [3.05, 3.63) is 39.0 Å². The molecule has 2 rings (SSSR count). The van der Waals surface area contributed by atoms with E-state index in [2.05, 4.69) is 9.98 Å². The second-order valence-electron chi connectivity index (χ2n) is 2.74. The minimum atomic E-state index is -1.09. The van der Waals surface area contributed by atoms with Crippen molar-refractivity contribution >= 4 is 17.5 Å². The van der Waals surface area contributed by atoms with Crippen molar-refractivity contribution < 1.29 is 14.5 Å². The van der Waals surface area contributed by atoms with Gasteiger partial charge in [-0.15, -0.1) is 0 Å². The van der Waals surface area contributed by atoms with Gasteiger partial charge in [-0.3, -0.25) is 19.7 Å². The van der Waals surface area contributed by atoms with Crippen molar-refractivity contribution in [2.24, 2.45) is 9.98 Å². The van der Waals surface area contributed by atoms with E-state index >= 15 is 0 Å². The van der Waals surface area contributed by atoms with Crippen LogP contribution in [0.4, 0.5) is 5.69 Å². The molecule has 0 radical (unpaired) electrons. The van der Waals surface area contributed by atoms with E-state index in [0.717, 1.165) is 0 Å². The van der Waals surface area contributed by atoms with Crippen LogP contribution < -0.4 is 10.7 Å². The zero-order valence-electron chi connectivity index (χ0n) is 7.21. The van der Waals surface area contributed by atoms with Crippen molar-refractivity contribution in [1.82, 2.24) is 0 Å². The number of benzene rings is 1. The summed E-state index contributed by atoms with van der Waals surface area (Å²) in [5.41, 5.74) is -0.336. The molecular formula is C8H3N3O4. The molecular weight excluding hydrogens is 202 g/mol. The summed E-state index contributed by atoms with van der Waals surface area (Å²) in [6.07, 6.45) is 0. The summed E-state index contributed by atoms with van der Waals surface area (Å²) in [5.74, 6) is -2.10. The first-order valence-electron chi connectivity index (χ1n) is 3.89. The predicted octanol–water partition coefficient (Wildman–Crippen LogP) is -1.10. The van der Waals surface area contributed by atoms with Crippen LogP contribution >= 0.6 is 0 Å². The summed E-state index contributed by atoms with van der Waals surface area (Å²) in [6.45, 7) is 0. The number of carbonyl (C=O) groups excluding carboxylic acids is 2. The van der Waals surface area contributed by atoms with Gasteiger partial charge in [0, 0.05) is 6.07 Å². The van der Waals surface area contributed by atoms with Crippen molar-refractivity contribution in [3.63, 3.8) is 0 Å². The lowest BCUT2D eigenvalue weighted by molar-refractivity contribution is -0.386. The standard InChI is InChI=1S/C8H3N3O4/c12-7-8(13)10-6-4(9-7)2-1-3-5(6)11(14)15/h1-3H. The summed E-state index contributed by atoms with van der Waals surface area (Å²) < 4.78 is 0.